The predicted octanol–water partition coefficient (Wildman–Crippen LogP) is 3.50. The number of ether oxygens (including phenoxy) is 1. The Kier molecular flexibility index (Phi) is 5.66. The molecule has 0 aliphatic carbocycles. The summed E-state index contributed by atoms with van der Waals surface area (Å²) in [6, 6.07) is 12.3. The van der Waals surface area contributed by atoms with Gasteiger partial charge in [0.1, 0.15) is 5.76 Å². The third-order valence-corrected chi connectivity index (χ3v) is 2.92. The Labute approximate surface area is 114 Å². The van der Waals surface area contributed by atoms with Crippen molar-refractivity contribution in [3.63, 3.8) is 0 Å². The fourth-order valence-electron chi connectivity index (χ4n) is 1.93. The first-order chi connectivity index (χ1) is 9.40. The maximum atomic E-state index is 5.62. The SMILES string of the molecule is CCCOCc1ccccc1CNCc1ccco1. The first-order valence-electron chi connectivity index (χ1n) is 6.77. The van der Waals surface area contributed by atoms with Crippen LogP contribution >= 0.6 is 0 Å². The molecule has 0 spiro atoms. The molecule has 1 aromatic heterocycles. The van der Waals surface area contributed by atoms with Crippen LogP contribution in [0.5, 0.6) is 0 Å². The Bertz CT molecular complexity index is 465. The zero-order valence-corrected chi connectivity index (χ0v) is 11.4. The van der Waals surface area contributed by atoms with Crippen LogP contribution in [0.15, 0.2) is 47.1 Å². The van der Waals surface area contributed by atoms with Crippen LogP contribution in [0.1, 0.15) is 30.2 Å². The maximum Gasteiger partial charge on any atom is 0.117 e. The molecule has 0 amide bonds. The van der Waals surface area contributed by atoms with Crippen LogP contribution in [0.4, 0.5) is 0 Å². The van der Waals surface area contributed by atoms with Crippen LogP contribution in [-0.2, 0) is 24.4 Å². The smallest absolute Gasteiger partial charge is 0.117 e. The largest absolute Gasteiger partial charge is 0.468 e. The normalized spacial score (nSPS) is 10.8. The lowest BCUT2D eigenvalue weighted by atomic mass is 10.1. The van der Waals surface area contributed by atoms with E-state index in [1.807, 2.05) is 12.1 Å². The molecule has 0 saturated carbocycles. The third kappa shape index (κ3) is 4.54. The van der Waals surface area contributed by atoms with Gasteiger partial charge >= 0.3 is 0 Å². The summed E-state index contributed by atoms with van der Waals surface area (Å²) in [5, 5.41) is 3.39. The first kappa shape index (κ1) is 13.8. The van der Waals surface area contributed by atoms with Crippen molar-refractivity contribution in [1.82, 2.24) is 5.32 Å². The highest BCUT2D eigenvalue weighted by atomic mass is 16.5. The Balaban J connectivity index is 1.84. The molecule has 3 nitrogen and oxygen atoms in total. The number of rotatable bonds is 8. The maximum absolute atomic E-state index is 5.62. The van der Waals surface area contributed by atoms with E-state index in [4.69, 9.17) is 9.15 Å². The predicted molar refractivity (Wildman–Crippen MR) is 75.6 cm³/mol. The third-order valence-electron chi connectivity index (χ3n) is 2.92. The minimum atomic E-state index is 0.687. The summed E-state index contributed by atoms with van der Waals surface area (Å²) in [6.07, 6.45) is 2.75. The highest BCUT2D eigenvalue weighted by Gasteiger charge is 2.02. The van der Waals surface area contributed by atoms with Gasteiger partial charge in [-0.05, 0) is 29.7 Å². The van der Waals surface area contributed by atoms with Gasteiger partial charge in [0.15, 0.2) is 0 Å². The second kappa shape index (κ2) is 7.77. The fourth-order valence-corrected chi connectivity index (χ4v) is 1.93. The number of nitrogens with one attached hydrogen (secondary N) is 1. The average molecular weight is 259 g/mol. The quantitative estimate of drug-likeness (QED) is 0.737. The van der Waals surface area contributed by atoms with E-state index in [2.05, 4.69) is 36.5 Å². The lowest BCUT2D eigenvalue weighted by Crippen LogP contribution is -2.14. The molecule has 0 aliphatic rings. The van der Waals surface area contributed by atoms with Crippen molar-refractivity contribution < 1.29 is 9.15 Å². The first-order valence-corrected chi connectivity index (χ1v) is 6.77. The fraction of sp³-hybridized carbons (Fsp3) is 0.375. The average Bonchev–Trinajstić information content (AvgIpc) is 2.94. The van der Waals surface area contributed by atoms with Gasteiger partial charge in [-0.2, -0.15) is 0 Å². The number of hydrogen-bond acceptors (Lipinski definition) is 3. The van der Waals surface area contributed by atoms with E-state index in [1.54, 1.807) is 6.26 Å². The van der Waals surface area contributed by atoms with Crippen molar-refractivity contribution in [2.75, 3.05) is 6.61 Å². The number of furan rings is 1. The van der Waals surface area contributed by atoms with Crippen LogP contribution in [0.3, 0.4) is 0 Å². The minimum absolute atomic E-state index is 0.687. The summed E-state index contributed by atoms with van der Waals surface area (Å²) in [4.78, 5) is 0. The molecule has 0 atom stereocenters. The molecule has 102 valence electrons. The van der Waals surface area contributed by atoms with Crippen LogP contribution < -0.4 is 5.32 Å². The molecule has 0 fully saturated rings. The Morgan fingerprint density at radius 3 is 2.63 bits per heavy atom. The van der Waals surface area contributed by atoms with Gasteiger partial charge in [0.25, 0.3) is 0 Å². The summed E-state index contributed by atoms with van der Waals surface area (Å²) >= 11 is 0. The van der Waals surface area contributed by atoms with E-state index in [1.165, 1.54) is 11.1 Å². The van der Waals surface area contributed by atoms with E-state index in [0.717, 1.165) is 31.9 Å². The zero-order chi connectivity index (χ0) is 13.3. The molecule has 0 aliphatic heterocycles. The standard InChI is InChI=1S/C16H21NO2/c1-2-9-18-13-15-7-4-3-6-14(15)11-17-12-16-8-5-10-19-16/h3-8,10,17H,2,9,11-13H2,1H3. The van der Waals surface area contributed by atoms with Crippen LogP contribution in [-0.4, -0.2) is 6.61 Å². The molecule has 3 heteroatoms. The summed E-state index contributed by atoms with van der Waals surface area (Å²) in [6.45, 7) is 5.20. The molecule has 19 heavy (non-hydrogen) atoms. The van der Waals surface area contributed by atoms with Gasteiger partial charge in [-0.15, -0.1) is 0 Å². The molecule has 0 saturated heterocycles. The second-order valence-corrected chi connectivity index (χ2v) is 4.50. The monoisotopic (exact) mass is 259 g/mol. The Hall–Kier alpha value is -1.58. The van der Waals surface area contributed by atoms with Crippen LogP contribution in [0, 0.1) is 0 Å². The van der Waals surface area contributed by atoms with E-state index in [-0.39, 0.29) is 0 Å². The van der Waals surface area contributed by atoms with Gasteiger partial charge in [-0.25, -0.2) is 0 Å². The van der Waals surface area contributed by atoms with Crippen molar-refractivity contribution >= 4 is 0 Å². The molecule has 2 rings (SSSR count). The summed E-state index contributed by atoms with van der Waals surface area (Å²) in [5.74, 6) is 0.958. The van der Waals surface area contributed by atoms with Gasteiger partial charge in [-0.1, -0.05) is 31.2 Å². The second-order valence-electron chi connectivity index (χ2n) is 4.50. The molecule has 1 aromatic carbocycles. The Morgan fingerprint density at radius 1 is 1.05 bits per heavy atom. The lowest BCUT2D eigenvalue weighted by Gasteiger charge is -2.10. The van der Waals surface area contributed by atoms with Gasteiger partial charge in [-0.3, -0.25) is 0 Å². The summed E-state index contributed by atoms with van der Waals surface area (Å²) in [7, 11) is 0. The van der Waals surface area contributed by atoms with Gasteiger partial charge < -0.3 is 14.5 Å². The molecular weight excluding hydrogens is 238 g/mol. The molecule has 1 N–H and O–H groups in total. The molecule has 2 aromatic rings. The number of benzene rings is 1. The highest BCUT2D eigenvalue weighted by molar-refractivity contribution is 5.26. The molecule has 0 bridgehead atoms. The van der Waals surface area contributed by atoms with E-state index < -0.39 is 0 Å². The van der Waals surface area contributed by atoms with Crippen molar-refractivity contribution in [2.45, 2.75) is 33.0 Å². The van der Waals surface area contributed by atoms with Gasteiger partial charge in [0.05, 0.1) is 19.4 Å². The van der Waals surface area contributed by atoms with Crippen molar-refractivity contribution in [3.8, 4) is 0 Å². The van der Waals surface area contributed by atoms with Crippen LogP contribution in [0.25, 0.3) is 0 Å². The van der Waals surface area contributed by atoms with Crippen molar-refractivity contribution in [3.05, 3.63) is 59.5 Å². The lowest BCUT2D eigenvalue weighted by molar-refractivity contribution is 0.121. The summed E-state index contributed by atoms with van der Waals surface area (Å²) in [5.41, 5.74) is 2.54. The molecular formula is C16H21NO2. The highest BCUT2D eigenvalue weighted by Crippen LogP contribution is 2.10. The zero-order valence-electron chi connectivity index (χ0n) is 11.4. The van der Waals surface area contributed by atoms with E-state index in [0.29, 0.717) is 6.61 Å². The Morgan fingerprint density at radius 2 is 1.89 bits per heavy atom. The van der Waals surface area contributed by atoms with Gasteiger partial charge in [0, 0.05) is 13.2 Å². The molecule has 1 heterocycles. The molecule has 0 radical (unpaired) electrons. The number of hydrogen-bond donors (Lipinski definition) is 1. The van der Waals surface area contributed by atoms with Crippen molar-refractivity contribution in [1.29, 1.82) is 0 Å². The van der Waals surface area contributed by atoms with E-state index in [9.17, 15) is 0 Å². The van der Waals surface area contributed by atoms with Gasteiger partial charge in [0.2, 0.25) is 0 Å². The summed E-state index contributed by atoms with van der Waals surface area (Å²) < 4.78 is 10.9. The van der Waals surface area contributed by atoms with Crippen molar-refractivity contribution in [2.24, 2.45) is 0 Å². The van der Waals surface area contributed by atoms with Crippen LogP contribution in [0.2, 0.25) is 0 Å². The minimum Gasteiger partial charge on any atom is -0.468 e. The molecule has 0 unspecified atom stereocenters. The van der Waals surface area contributed by atoms with E-state index >= 15 is 0 Å². The topological polar surface area (TPSA) is 34.4 Å².